The van der Waals surface area contributed by atoms with E-state index in [2.05, 4.69) is 16.1 Å². The average Bonchev–Trinajstić information content (AvgIpc) is 3.16. The number of rotatable bonds is 11. The Morgan fingerprint density at radius 3 is 2.40 bits per heavy atom. The molecule has 0 aromatic heterocycles. The number of aromatic hydroxyl groups is 1. The van der Waals surface area contributed by atoms with E-state index in [0.29, 0.717) is 43.2 Å². The first-order chi connectivity index (χ1) is 27.1. The van der Waals surface area contributed by atoms with E-state index in [1.807, 2.05) is 26.0 Å². The van der Waals surface area contributed by atoms with Crippen molar-refractivity contribution >= 4 is 35.3 Å². The molecule has 3 rings (SSSR count). The van der Waals surface area contributed by atoms with Gasteiger partial charge in [0.1, 0.15) is 35.8 Å². The number of benzene rings is 1. The maximum atomic E-state index is 14.3. The zero-order valence-electron chi connectivity index (χ0n) is 34.2. The summed E-state index contributed by atoms with van der Waals surface area (Å²) in [5.74, 6) is -4.30. The van der Waals surface area contributed by atoms with E-state index in [1.54, 1.807) is 57.2 Å². The molecule has 13 nitrogen and oxygen atoms in total. The summed E-state index contributed by atoms with van der Waals surface area (Å²) in [5, 5.41) is 28.6. The summed E-state index contributed by atoms with van der Waals surface area (Å²) in [6.07, 6.45) is 13.2. The molecule has 1 saturated heterocycles. The van der Waals surface area contributed by atoms with E-state index in [1.165, 1.54) is 30.1 Å². The number of ketones is 2. The number of hydrogen-bond acceptors (Lipinski definition) is 10. The molecule has 13 heteroatoms. The summed E-state index contributed by atoms with van der Waals surface area (Å²) in [4.78, 5) is 80.0. The number of nitrogens with one attached hydrogen (secondary N) is 3. The fraction of sp³-hybridized carbons (Fsp3) is 0.545. The maximum absolute atomic E-state index is 14.3. The number of aliphatic hydroxyl groups is 1. The average molecular weight is 791 g/mol. The Kier molecular flexibility index (Phi) is 19.1. The van der Waals surface area contributed by atoms with Gasteiger partial charge >= 0.3 is 5.97 Å². The molecule has 1 fully saturated rings. The van der Waals surface area contributed by atoms with Crippen LogP contribution in [0.2, 0.25) is 0 Å². The number of amides is 3. The van der Waals surface area contributed by atoms with Crippen molar-refractivity contribution in [2.75, 3.05) is 6.54 Å². The normalized spacial score (nSPS) is 26.4. The topological polar surface area (TPSA) is 191 Å². The lowest BCUT2D eigenvalue weighted by Crippen LogP contribution is -2.62. The van der Waals surface area contributed by atoms with Crippen molar-refractivity contribution in [3.8, 4) is 5.75 Å². The number of hydrazine groups is 1. The monoisotopic (exact) mass is 790 g/mol. The van der Waals surface area contributed by atoms with Crippen molar-refractivity contribution in [2.45, 2.75) is 130 Å². The molecule has 2 heterocycles. The summed E-state index contributed by atoms with van der Waals surface area (Å²) in [6.45, 7) is 10.7. The second kappa shape index (κ2) is 23.4. The van der Waals surface area contributed by atoms with Crippen molar-refractivity contribution < 1.29 is 43.7 Å². The van der Waals surface area contributed by atoms with Crippen LogP contribution in [0.5, 0.6) is 5.75 Å². The van der Waals surface area contributed by atoms with Gasteiger partial charge in [-0.3, -0.25) is 29.0 Å². The summed E-state index contributed by atoms with van der Waals surface area (Å²) in [5.41, 5.74) is 4.29. The first-order valence-corrected chi connectivity index (χ1v) is 20.1. The van der Waals surface area contributed by atoms with Crippen molar-refractivity contribution in [1.29, 1.82) is 0 Å². The predicted octanol–water partition coefficient (Wildman–Crippen LogP) is 4.73. The zero-order valence-corrected chi connectivity index (χ0v) is 34.2. The molecular formula is C44H62N4O9. The number of phenolic OH excluding ortho intramolecular Hbond substituents is 1. The number of Topliss-reactive ketones (excluding diaryl/α,β-unsaturated/α-hetero) is 1. The smallest absolute Gasteiger partial charge is 0.325 e. The van der Waals surface area contributed by atoms with Crippen LogP contribution in [0.3, 0.4) is 0 Å². The number of aliphatic hydroxyl groups excluding tert-OH is 1. The molecule has 1 aromatic rings. The molecule has 57 heavy (non-hydrogen) atoms. The first-order valence-electron chi connectivity index (χ1n) is 20.1. The number of ether oxygens (including phenoxy) is 1. The molecule has 0 spiro atoms. The van der Waals surface area contributed by atoms with Crippen molar-refractivity contribution in [1.82, 2.24) is 21.1 Å². The van der Waals surface area contributed by atoms with Crippen LogP contribution in [0.15, 0.2) is 72.4 Å². The number of cyclic esters (lactones) is 1. The molecule has 5 N–H and O–H groups in total. The minimum atomic E-state index is -1.17. The lowest BCUT2D eigenvalue weighted by molar-refractivity contribution is -0.156. The zero-order chi connectivity index (χ0) is 42.1. The number of nitrogens with zero attached hydrogens (tertiary/aromatic N) is 1. The van der Waals surface area contributed by atoms with Crippen LogP contribution in [-0.4, -0.2) is 87.4 Å². The molecule has 0 radical (unpaired) electrons. The second-order valence-electron chi connectivity index (χ2n) is 15.5. The number of phenols is 1. The molecule has 1 unspecified atom stereocenters. The van der Waals surface area contributed by atoms with E-state index in [9.17, 15) is 39.0 Å². The van der Waals surface area contributed by atoms with Gasteiger partial charge in [-0.1, -0.05) is 76.3 Å². The third kappa shape index (κ3) is 15.2. The molecule has 0 aliphatic carbocycles. The van der Waals surface area contributed by atoms with Gasteiger partial charge in [0.2, 0.25) is 11.8 Å². The van der Waals surface area contributed by atoms with E-state index < -0.39 is 71.8 Å². The van der Waals surface area contributed by atoms with Gasteiger partial charge in [0.25, 0.3) is 5.91 Å². The Morgan fingerprint density at radius 2 is 1.74 bits per heavy atom. The number of hydrogen-bond donors (Lipinski definition) is 5. The molecule has 7 atom stereocenters. The number of allylic oxidation sites excluding steroid dienone is 6. The number of carbonyl (C=O) groups is 6. The minimum Gasteiger partial charge on any atom is -0.508 e. The van der Waals surface area contributed by atoms with Gasteiger partial charge in [-0.05, 0) is 87.1 Å². The van der Waals surface area contributed by atoms with Gasteiger partial charge in [-0.25, -0.2) is 5.43 Å². The Labute approximate surface area is 337 Å². The van der Waals surface area contributed by atoms with Crippen LogP contribution < -0.4 is 16.1 Å². The highest BCUT2D eigenvalue weighted by Crippen LogP contribution is 2.24. The summed E-state index contributed by atoms with van der Waals surface area (Å²) < 4.78 is 6.04. The third-order valence-electron chi connectivity index (χ3n) is 10.2. The summed E-state index contributed by atoms with van der Waals surface area (Å²) >= 11 is 0. The molecule has 2 aliphatic heterocycles. The fourth-order valence-corrected chi connectivity index (χ4v) is 6.78. The molecule has 312 valence electrons. The van der Waals surface area contributed by atoms with E-state index in [-0.39, 0.29) is 43.1 Å². The van der Waals surface area contributed by atoms with Gasteiger partial charge in [0, 0.05) is 32.2 Å². The van der Waals surface area contributed by atoms with Crippen molar-refractivity contribution in [3.05, 3.63) is 77.9 Å². The van der Waals surface area contributed by atoms with Crippen LogP contribution in [-0.2, 0) is 39.9 Å². The van der Waals surface area contributed by atoms with E-state index in [4.69, 9.17) is 4.74 Å². The number of fused-ring (bicyclic) bond motifs is 2. The summed E-state index contributed by atoms with van der Waals surface area (Å²) in [6, 6.07) is 3.17. The lowest BCUT2D eigenvalue weighted by Gasteiger charge is -2.36. The Hall–Kier alpha value is -4.88. The van der Waals surface area contributed by atoms with Gasteiger partial charge < -0.3 is 30.4 Å². The van der Waals surface area contributed by atoms with Crippen LogP contribution in [0.25, 0.3) is 0 Å². The van der Waals surface area contributed by atoms with Crippen LogP contribution in [0, 0.1) is 17.8 Å². The Bertz CT molecular complexity index is 1680. The third-order valence-corrected chi connectivity index (χ3v) is 10.2. The van der Waals surface area contributed by atoms with Crippen LogP contribution in [0.4, 0.5) is 0 Å². The maximum Gasteiger partial charge on any atom is 0.325 e. The Balaban J connectivity index is 2.04. The Morgan fingerprint density at radius 1 is 1.02 bits per heavy atom. The SMILES string of the molecule is CCCC(=O)C=CC=C(C)[C@@H]1CC=CC=CC[C@H](C)[C@@H](O)[C@@H](CCC(C)=O)C(=O)N[C@@H](C(C)C)C(=O)N[C@@H](Cc2cccc(O)c2)C(=O)N2CCCC(N2)C(=O)O1. The van der Waals surface area contributed by atoms with Crippen molar-refractivity contribution in [3.63, 3.8) is 0 Å². The fourth-order valence-electron chi connectivity index (χ4n) is 6.78. The minimum absolute atomic E-state index is 0.00860. The van der Waals surface area contributed by atoms with E-state index in [0.717, 1.165) is 6.42 Å². The standard InChI is InChI=1S/C44H62N4O9/c1-7-15-33(50)19-12-17-29(4)38-22-11-9-8-10-16-30(5)40(52)35(24-23-31(6)49)41(53)46-39(28(2)3)42(54)45-37(27-32-18-13-20-34(51)26-32)43(55)48-25-14-21-36(47-48)44(56)57-38/h8-13,17-20,26,28,30,35-40,47,51-52H,7,14-16,21-25,27H2,1-6H3,(H,45,54)(H,46,53)/t30-,35+,36?,37-,38-,39-,40+/m0/s1. The van der Waals surface area contributed by atoms with Gasteiger partial charge in [-0.15, -0.1) is 0 Å². The molecule has 1 aromatic carbocycles. The number of carbonyl (C=O) groups excluding carboxylic acids is 6. The predicted molar refractivity (Wildman–Crippen MR) is 217 cm³/mol. The van der Waals surface area contributed by atoms with Crippen LogP contribution in [0.1, 0.15) is 98.5 Å². The molecule has 3 amide bonds. The molecule has 0 saturated carbocycles. The molecule has 2 aliphatic rings. The highest BCUT2D eigenvalue weighted by Gasteiger charge is 2.37. The van der Waals surface area contributed by atoms with Gasteiger partial charge in [0.05, 0.1) is 12.0 Å². The second-order valence-corrected chi connectivity index (χ2v) is 15.5. The summed E-state index contributed by atoms with van der Waals surface area (Å²) in [7, 11) is 0. The lowest BCUT2D eigenvalue weighted by atomic mass is 9.85. The largest absolute Gasteiger partial charge is 0.508 e. The molecule has 2 bridgehead atoms. The highest BCUT2D eigenvalue weighted by atomic mass is 16.5. The first kappa shape index (κ1) is 46.5. The van der Waals surface area contributed by atoms with Gasteiger partial charge in [-0.2, -0.15) is 0 Å². The van der Waals surface area contributed by atoms with Crippen LogP contribution >= 0.6 is 0 Å². The van der Waals surface area contributed by atoms with Crippen molar-refractivity contribution in [2.24, 2.45) is 17.8 Å². The quantitative estimate of drug-likeness (QED) is 0.119. The highest BCUT2D eigenvalue weighted by molar-refractivity contribution is 5.93. The van der Waals surface area contributed by atoms with Gasteiger partial charge in [0.15, 0.2) is 5.78 Å². The number of esters is 1. The van der Waals surface area contributed by atoms with E-state index >= 15 is 0 Å². The molecular weight excluding hydrogens is 729 g/mol.